The molecule has 0 spiro atoms. The molecule has 0 unspecified atom stereocenters. The molecule has 0 amide bonds. The molecular formula is C9H8BrN3S. The van der Waals surface area contributed by atoms with Gasteiger partial charge in [-0.1, -0.05) is 0 Å². The second-order valence-corrected chi connectivity index (χ2v) is 4.44. The average Bonchev–Trinajstić information content (AvgIpc) is 2.70. The van der Waals surface area contributed by atoms with Crippen LogP contribution in [0.15, 0.2) is 34.5 Å². The summed E-state index contributed by atoms with van der Waals surface area (Å²) in [5.41, 5.74) is 1.00. The van der Waals surface area contributed by atoms with Gasteiger partial charge < -0.3 is 5.32 Å². The second kappa shape index (κ2) is 4.52. The van der Waals surface area contributed by atoms with Gasteiger partial charge in [-0.15, -0.1) is 11.3 Å². The van der Waals surface area contributed by atoms with Gasteiger partial charge in [0.15, 0.2) is 0 Å². The van der Waals surface area contributed by atoms with Gasteiger partial charge in [0.05, 0.1) is 18.4 Å². The molecule has 2 aromatic rings. The number of pyridine rings is 1. The predicted molar refractivity (Wildman–Crippen MR) is 61.4 cm³/mol. The third kappa shape index (κ3) is 2.52. The SMILES string of the molecule is Brc1ccc(NCc2nccs2)cn1. The van der Waals surface area contributed by atoms with E-state index < -0.39 is 0 Å². The van der Waals surface area contributed by atoms with Crippen LogP contribution in [0, 0.1) is 0 Å². The highest BCUT2D eigenvalue weighted by Gasteiger charge is 1.96. The summed E-state index contributed by atoms with van der Waals surface area (Å²) < 4.78 is 0.845. The Morgan fingerprint density at radius 3 is 2.93 bits per heavy atom. The topological polar surface area (TPSA) is 37.8 Å². The van der Waals surface area contributed by atoms with Crippen molar-refractivity contribution in [2.45, 2.75) is 6.54 Å². The zero-order valence-electron chi connectivity index (χ0n) is 7.27. The summed E-state index contributed by atoms with van der Waals surface area (Å²) in [7, 11) is 0. The van der Waals surface area contributed by atoms with Crippen LogP contribution in [-0.2, 0) is 6.54 Å². The van der Waals surface area contributed by atoms with E-state index in [1.165, 1.54) is 0 Å². The van der Waals surface area contributed by atoms with Crippen molar-refractivity contribution >= 4 is 33.0 Å². The van der Waals surface area contributed by atoms with E-state index in [1.54, 1.807) is 17.5 Å². The molecule has 14 heavy (non-hydrogen) atoms. The summed E-state index contributed by atoms with van der Waals surface area (Å²) in [6, 6.07) is 3.88. The maximum Gasteiger partial charge on any atom is 0.112 e. The lowest BCUT2D eigenvalue weighted by Gasteiger charge is -2.02. The van der Waals surface area contributed by atoms with Crippen LogP contribution in [0.25, 0.3) is 0 Å². The quantitative estimate of drug-likeness (QED) is 0.871. The van der Waals surface area contributed by atoms with E-state index in [1.807, 2.05) is 23.7 Å². The summed E-state index contributed by atoms with van der Waals surface area (Å²) in [6.07, 6.45) is 3.60. The van der Waals surface area contributed by atoms with Gasteiger partial charge in [-0.25, -0.2) is 9.97 Å². The largest absolute Gasteiger partial charge is 0.377 e. The van der Waals surface area contributed by atoms with Gasteiger partial charge in [0.2, 0.25) is 0 Å². The van der Waals surface area contributed by atoms with Crippen LogP contribution in [0.4, 0.5) is 5.69 Å². The van der Waals surface area contributed by atoms with E-state index in [0.717, 1.165) is 21.8 Å². The van der Waals surface area contributed by atoms with Gasteiger partial charge in [0.25, 0.3) is 0 Å². The van der Waals surface area contributed by atoms with Crippen LogP contribution < -0.4 is 5.32 Å². The van der Waals surface area contributed by atoms with Crippen LogP contribution in [0.5, 0.6) is 0 Å². The zero-order chi connectivity index (χ0) is 9.80. The van der Waals surface area contributed by atoms with Gasteiger partial charge in [-0.05, 0) is 28.1 Å². The Bertz CT molecular complexity index is 385. The molecule has 0 aliphatic heterocycles. The minimum Gasteiger partial charge on any atom is -0.377 e. The fourth-order valence-electron chi connectivity index (χ4n) is 0.998. The predicted octanol–water partition coefficient (Wildman–Crippen LogP) is 2.91. The highest BCUT2D eigenvalue weighted by Crippen LogP contribution is 2.12. The number of aromatic nitrogens is 2. The van der Waals surface area contributed by atoms with Gasteiger partial charge in [-0.2, -0.15) is 0 Å². The Hall–Kier alpha value is -0.940. The van der Waals surface area contributed by atoms with Gasteiger partial charge >= 0.3 is 0 Å². The molecule has 0 saturated heterocycles. The first-order valence-corrected chi connectivity index (χ1v) is 5.75. The van der Waals surface area contributed by atoms with Gasteiger partial charge in [0, 0.05) is 11.6 Å². The van der Waals surface area contributed by atoms with Crippen LogP contribution >= 0.6 is 27.3 Å². The van der Waals surface area contributed by atoms with Crippen molar-refractivity contribution < 1.29 is 0 Å². The molecule has 2 rings (SSSR count). The van der Waals surface area contributed by atoms with Gasteiger partial charge in [0.1, 0.15) is 9.61 Å². The average molecular weight is 270 g/mol. The highest BCUT2D eigenvalue weighted by molar-refractivity contribution is 9.10. The summed E-state index contributed by atoms with van der Waals surface area (Å²) in [4.78, 5) is 8.29. The molecule has 0 atom stereocenters. The first kappa shape index (κ1) is 9.61. The fraction of sp³-hybridized carbons (Fsp3) is 0.111. The number of nitrogens with zero attached hydrogens (tertiary/aromatic N) is 2. The minimum atomic E-state index is 0.751. The number of nitrogens with one attached hydrogen (secondary N) is 1. The van der Waals surface area contributed by atoms with Crippen LogP contribution in [0.2, 0.25) is 0 Å². The Morgan fingerprint density at radius 2 is 2.29 bits per heavy atom. The van der Waals surface area contributed by atoms with E-state index in [4.69, 9.17) is 0 Å². The lowest BCUT2D eigenvalue weighted by molar-refractivity contribution is 1.09. The normalized spacial score (nSPS) is 10.1. The van der Waals surface area contributed by atoms with E-state index in [0.29, 0.717) is 0 Å². The molecule has 3 nitrogen and oxygen atoms in total. The fourth-order valence-corrected chi connectivity index (χ4v) is 1.79. The summed E-state index contributed by atoms with van der Waals surface area (Å²) in [5.74, 6) is 0. The smallest absolute Gasteiger partial charge is 0.112 e. The number of anilines is 1. The standard InChI is InChI=1S/C9H8BrN3S/c10-8-2-1-7(5-13-8)12-6-9-11-3-4-14-9/h1-5,12H,6H2. The lowest BCUT2D eigenvalue weighted by atomic mass is 10.4. The molecule has 0 fully saturated rings. The van der Waals surface area contributed by atoms with Crippen molar-refractivity contribution in [1.29, 1.82) is 0 Å². The number of hydrogen-bond acceptors (Lipinski definition) is 4. The van der Waals surface area contributed by atoms with Crippen molar-refractivity contribution in [2.24, 2.45) is 0 Å². The van der Waals surface area contributed by atoms with E-state index in [2.05, 4.69) is 31.2 Å². The Kier molecular flexibility index (Phi) is 3.10. The molecule has 0 aliphatic rings. The first-order valence-electron chi connectivity index (χ1n) is 4.08. The van der Waals surface area contributed by atoms with Gasteiger partial charge in [-0.3, -0.25) is 0 Å². The van der Waals surface area contributed by atoms with Crippen molar-refractivity contribution in [2.75, 3.05) is 5.32 Å². The molecule has 1 N–H and O–H groups in total. The van der Waals surface area contributed by atoms with E-state index in [-0.39, 0.29) is 0 Å². The lowest BCUT2D eigenvalue weighted by Crippen LogP contribution is -1.98. The summed E-state index contributed by atoms with van der Waals surface area (Å²) in [5, 5.41) is 6.28. The Balaban J connectivity index is 1.95. The molecule has 0 saturated carbocycles. The van der Waals surface area contributed by atoms with Crippen molar-refractivity contribution in [3.63, 3.8) is 0 Å². The summed E-state index contributed by atoms with van der Waals surface area (Å²) >= 11 is 4.93. The monoisotopic (exact) mass is 269 g/mol. The number of halogens is 1. The molecule has 2 aromatic heterocycles. The molecule has 72 valence electrons. The number of hydrogen-bond donors (Lipinski definition) is 1. The number of thiazole rings is 1. The third-order valence-electron chi connectivity index (χ3n) is 1.65. The van der Waals surface area contributed by atoms with Crippen molar-refractivity contribution in [1.82, 2.24) is 9.97 Å². The van der Waals surface area contributed by atoms with Crippen LogP contribution in [-0.4, -0.2) is 9.97 Å². The number of rotatable bonds is 3. The Labute approximate surface area is 94.4 Å². The Morgan fingerprint density at radius 1 is 1.36 bits per heavy atom. The molecular weight excluding hydrogens is 262 g/mol. The summed E-state index contributed by atoms with van der Waals surface area (Å²) in [6.45, 7) is 0.751. The molecule has 2 heterocycles. The maximum atomic E-state index is 4.18. The van der Waals surface area contributed by atoms with Crippen molar-refractivity contribution in [3.8, 4) is 0 Å². The van der Waals surface area contributed by atoms with E-state index in [9.17, 15) is 0 Å². The first-order chi connectivity index (χ1) is 6.84. The minimum absolute atomic E-state index is 0.751. The molecule has 0 aromatic carbocycles. The second-order valence-electron chi connectivity index (χ2n) is 2.65. The molecule has 0 bridgehead atoms. The maximum absolute atomic E-state index is 4.18. The molecule has 0 aliphatic carbocycles. The molecule has 5 heteroatoms. The van der Waals surface area contributed by atoms with Crippen LogP contribution in [0.3, 0.4) is 0 Å². The highest BCUT2D eigenvalue weighted by atomic mass is 79.9. The van der Waals surface area contributed by atoms with E-state index >= 15 is 0 Å². The van der Waals surface area contributed by atoms with Crippen LogP contribution in [0.1, 0.15) is 5.01 Å². The third-order valence-corrected chi connectivity index (χ3v) is 2.90. The zero-order valence-corrected chi connectivity index (χ0v) is 9.68. The van der Waals surface area contributed by atoms with Crippen molar-refractivity contribution in [3.05, 3.63) is 39.5 Å². The molecule has 0 radical (unpaired) electrons.